The van der Waals surface area contributed by atoms with E-state index in [9.17, 15) is 8.42 Å². The number of rotatable bonds is 7. The number of aryl methyl sites for hydroxylation is 1. The highest BCUT2D eigenvalue weighted by atomic mass is 32.2. The average Bonchev–Trinajstić information content (AvgIpc) is 3.29. The summed E-state index contributed by atoms with van der Waals surface area (Å²) in [5, 5.41) is 4.07. The number of nitrogens with one attached hydrogen (secondary N) is 1. The van der Waals surface area contributed by atoms with Crippen molar-refractivity contribution in [1.82, 2.24) is 4.72 Å². The maximum Gasteiger partial charge on any atom is 0.240 e. The van der Waals surface area contributed by atoms with Crippen molar-refractivity contribution in [2.24, 2.45) is 0 Å². The highest BCUT2D eigenvalue weighted by Crippen LogP contribution is 2.27. The molecule has 4 nitrogen and oxygen atoms in total. The van der Waals surface area contributed by atoms with Crippen LogP contribution in [0.2, 0.25) is 0 Å². The normalized spacial score (nSPS) is 11.4. The van der Waals surface area contributed by atoms with Crippen molar-refractivity contribution in [3.05, 3.63) is 101 Å². The summed E-state index contributed by atoms with van der Waals surface area (Å²) in [7, 11) is -3.64. The van der Waals surface area contributed by atoms with Crippen molar-refractivity contribution in [2.45, 2.75) is 18.4 Å². The van der Waals surface area contributed by atoms with Crippen LogP contribution < -0.4 is 9.46 Å². The minimum atomic E-state index is -3.64. The summed E-state index contributed by atoms with van der Waals surface area (Å²) >= 11 is 1.62. The van der Waals surface area contributed by atoms with Gasteiger partial charge in [0.05, 0.1) is 4.90 Å². The lowest BCUT2D eigenvalue weighted by molar-refractivity contribution is 0.478. The Bertz CT molecular complexity index is 1230. The summed E-state index contributed by atoms with van der Waals surface area (Å²) in [6.07, 6.45) is 0. The molecule has 1 heterocycles. The molecule has 0 bridgehead atoms. The van der Waals surface area contributed by atoms with Crippen molar-refractivity contribution < 1.29 is 13.2 Å². The van der Waals surface area contributed by atoms with Gasteiger partial charge < -0.3 is 4.74 Å². The first-order chi connectivity index (χ1) is 14.5. The first kappa shape index (κ1) is 20.3. The minimum absolute atomic E-state index is 0.202. The summed E-state index contributed by atoms with van der Waals surface area (Å²) in [5.74, 6) is 1.34. The maximum absolute atomic E-state index is 12.8. The predicted octanol–water partition coefficient (Wildman–Crippen LogP) is 5.99. The molecule has 6 heteroatoms. The van der Waals surface area contributed by atoms with Crippen LogP contribution in [0.1, 0.15) is 11.1 Å². The molecule has 0 saturated heterocycles. The molecule has 3 aromatic carbocycles. The molecule has 1 aromatic heterocycles. The number of ether oxygens (including phenoxy) is 1. The van der Waals surface area contributed by atoms with E-state index >= 15 is 0 Å². The lowest BCUT2D eigenvalue weighted by atomic mass is 10.0. The Morgan fingerprint density at radius 2 is 1.63 bits per heavy atom. The number of benzene rings is 3. The third kappa shape index (κ3) is 4.62. The van der Waals surface area contributed by atoms with Gasteiger partial charge in [-0.05, 0) is 76.3 Å². The Hall–Kier alpha value is -2.93. The van der Waals surface area contributed by atoms with E-state index in [0.717, 1.165) is 28.0 Å². The number of sulfonamides is 1. The van der Waals surface area contributed by atoms with Crippen LogP contribution >= 0.6 is 11.3 Å². The fourth-order valence-electron chi connectivity index (χ4n) is 3.11. The Labute approximate surface area is 180 Å². The Kier molecular flexibility index (Phi) is 5.99. The SMILES string of the molecule is Cc1ccccc1Oc1ccc(S(=O)(=O)NCc2ccccc2-c2ccsc2)cc1. The summed E-state index contributed by atoms with van der Waals surface area (Å²) in [5.41, 5.74) is 4.06. The molecule has 152 valence electrons. The van der Waals surface area contributed by atoms with Crippen LogP contribution in [0.25, 0.3) is 11.1 Å². The Balaban J connectivity index is 1.48. The van der Waals surface area contributed by atoms with E-state index < -0.39 is 10.0 Å². The monoisotopic (exact) mass is 435 g/mol. The van der Waals surface area contributed by atoms with Crippen LogP contribution in [0, 0.1) is 6.92 Å². The zero-order chi connectivity index (χ0) is 21.0. The molecule has 4 rings (SSSR count). The number of para-hydroxylation sites is 1. The lowest BCUT2D eigenvalue weighted by Gasteiger charge is -2.12. The van der Waals surface area contributed by atoms with E-state index in [1.54, 1.807) is 35.6 Å². The fraction of sp³-hybridized carbons (Fsp3) is 0.0833. The third-order valence-electron chi connectivity index (χ3n) is 4.76. The largest absolute Gasteiger partial charge is 0.457 e. The van der Waals surface area contributed by atoms with Crippen LogP contribution in [0.15, 0.2) is 94.5 Å². The van der Waals surface area contributed by atoms with Crippen molar-refractivity contribution in [2.75, 3.05) is 0 Å². The van der Waals surface area contributed by atoms with Gasteiger partial charge in [0.25, 0.3) is 0 Å². The summed E-state index contributed by atoms with van der Waals surface area (Å²) in [6.45, 7) is 2.18. The van der Waals surface area contributed by atoms with Gasteiger partial charge in [0.1, 0.15) is 11.5 Å². The van der Waals surface area contributed by atoms with Gasteiger partial charge in [-0.3, -0.25) is 0 Å². The van der Waals surface area contributed by atoms with Crippen LogP contribution in [0.3, 0.4) is 0 Å². The number of hydrogen-bond donors (Lipinski definition) is 1. The molecule has 0 aliphatic carbocycles. The van der Waals surface area contributed by atoms with Gasteiger partial charge in [0.15, 0.2) is 0 Å². The Morgan fingerprint density at radius 3 is 2.37 bits per heavy atom. The second kappa shape index (κ2) is 8.83. The van der Waals surface area contributed by atoms with Crippen LogP contribution in [-0.2, 0) is 16.6 Å². The highest BCUT2D eigenvalue weighted by molar-refractivity contribution is 7.89. The van der Waals surface area contributed by atoms with E-state index in [2.05, 4.69) is 10.1 Å². The molecule has 0 unspecified atom stereocenters. The second-order valence-corrected chi connectivity index (χ2v) is 9.38. The topological polar surface area (TPSA) is 55.4 Å². The molecular weight excluding hydrogens is 414 g/mol. The molecule has 30 heavy (non-hydrogen) atoms. The van der Waals surface area contributed by atoms with E-state index in [0.29, 0.717) is 5.75 Å². The molecule has 0 aliphatic rings. The third-order valence-corrected chi connectivity index (χ3v) is 6.86. The van der Waals surface area contributed by atoms with Crippen molar-refractivity contribution >= 4 is 21.4 Å². The quantitative estimate of drug-likeness (QED) is 0.388. The van der Waals surface area contributed by atoms with Gasteiger partial charge in [0.2, 0.25) is 10.0 Å². The van der Waals surface area contributed by atoms with Crippen molar-refractivity contribution in [3.8, 4) is 22.6 Å². The first-order valence-electron chi connectivity index (χ1n) is 9.47. The van der Waals surface area contributed by atoms with Gasteiger partial charge >= 0.3 is 0 Å². The van der Waals surface area contributed by atoms with Crippen LogP contribution in [0.4, 0.5) is 0 Å². The molecular formula is C24H21NO3S2. The van der Waals surface area contributed by atoms with E-state index in [1.807, 2.05) is 66.9 Å². The fourth-order valence-corrected chi connectivity index (χ4v) is 4.78. The molecule has 0 fully saturated rings. The minimum Gasteiger partial charge on any atom is -0.457 e. The molecule has 0 saturated carbocycles. The number of thiophene rings is 1. The van der Waals surface area contributed by atoms with Gasteiger partial charge in [-0.1, -0.05) is 42.5 Å². The highest BCUT2D eigenvalue weighted by Gasteiger charge is 2.15. The molecule has 0 atom stereocenters. The maximum atomic E-state index is 12.8. The van der Waals surface area contributed by atoms with Crippen LogP contribution in [-0.4, -0.2) is 8.42 Å². The Morgan fingerprint density at radius 1 is 0.900 bits per heavy atom. The molecule has 4 aromatic rings. The smallest absolute Gasteiger partial charge is 0.240 e. The molecule has 0 aliphatic heterocycles. The van der Waals surface area contributed by atoms with Gasteiger partial charge in [-0.15, -0.1) is 0 Å². The van der Waals surface area contributed by atoms with Crippen LogP contribution in [0.5, 0.6) is 11.5 Å². The van der Waals surface area contributed by atoms with Gasteiger partial charge in [-0.2, -0.15) is 11.3 Å². The number of hydrogen-bond acceptors (Lipinski definition) is 4. The predicted molar refractivity (Wildman–Crippen MR) is 121 cm³/mol. The van der Waals surface area contributed by atoms with E-state index in [-0.39, 0.29) is 11.4 Å². The van der Waals surface area contributed by atoms with Gasteiger partial charge in [0, 0.05) is 6.54 Å². The second-order valence-electron chi connectivity index (χ2n) is 6.83. The molecule has 0 spiro atoms. The standard InChI is InChI=1S/C24H21NO3S2/c1-18-6-2-5-9-24(18)28-21-10-12-22(13-11-21)30(26,27)25-16-19-7-3-4-8-23(19)20-14-15-29-17-20/h2-15,17,25H,16H2,1H3. The van der Waals surface area contributed by atoms with E-state index in [1.165, 1.54) is 0 Å². The summed E-state index contributed by atoms with van der Waals surface area (Å²) in [4.78, 5) is 0.202. The lowest BCUT2D eigenvalue weighted by Crippen LogP contribution is -2.23. The zero-order valence-electron chi connectivity index (χ0n) is 16.4. The average molecular weight is 436 g/mol. The molecule has 1 N–H and O–H groups in total. The van der Waals surface area contributed by atoms with Gasteiger partial charge in [-0.25, -0.2) is 13.1 Å². The zero-order valence-corrected chi connectivity index (χ0v) is 18.0. The van der Waals surface area contributed by atoms with E-state index in [4.69, 9.17) is 4.74 Å². The van der Waals surface area contributed by atoms with Crippen molar-refractivity contribution in [1.29, 1.82) is 0 Å². The first-order valence-corrected chi connectivity index (χ1v) is 11.9. The summed E-state index contributed by atoms with van der Waals surface area (Å²) in [6, 6.07) is 24.0. The molecule has 0 radical (unpaired) electrons. The summed E-state index contributed by atoms with van der Waals surface area (Å²) < 4.78 is 34.1. The van der Waals surface area contributed by atoms with Crippen molar-refractivity contribution in [3.63, 3.8) is 0 Å². The molecule has 0 amide bonds.